The molecule has 49 heavy (non-hydrogen) atoms. The number of allylic oxidation sites excluding steroid dienone is 2. The molecule has 0 atom stereocenters. The van der Waals surface area contributed by atoms with Crippen molar-refractivity contribution in [3.05, 3.63) is 88.8 Å². The molecule has 2 fully saturated rings. The summed E-state index contributed by atoms with van der Waals surface area (Å²) in [5.74, 6) is 1.09. The third kappa shape index (κ3) is 6.04. The van der Waals surface area contributed by atoms with Crippen molar-refractivity contribution in [2.75, 3.05) is 46.6 Å². The zero-order valence-electron chi connectivity index (χ0n) is 26.9. The summed E-state index contributed by atoms with van der Waals surface area (Å²) in [4.78, 5) is 34.7. The number of nitrogens with one attached hydrogen (secondary N) is 2. The number of hydrogen-bond acceptors (Lipinski definition) is 13. The van der Waals surface area contributed by atoms with Gasteiger partial charge < -0.3 is 20.4 Å². The second kappa shape index (κ2) is 13.1. The van der Waals surface area contributed by atoms with E-state index in [2.05, 4.69) is 88.9 Å². The highest BCUT2D eigenvalue weighted by molar-refractivity contribution is 7.14. The minimum Gasteiger partial charge on any atom is -0.371 e. The minimum atomic E-state index is 0.545. The molecular formula is C36H35N11S2. The van der Waals surface area contributed by atoms with E-state index in [1.165, 1.54) is 49.9 Å². The van der Waals surface area contributed by atoms with Gasteiger partial charge in [-0.2, -0.15) is 0 Å². The normalized spacial score (nSPS) is 18.6. The SMILES string of the molecule is C1=NC2=NC(c3ccc(N4CCCCC4)cc3Nc3cncs3)=CC3=CC(c4ccc(N5CCCCC5)cc4Nc4cncs4)=NC(=N1)N32. The van der Waals surface area contributed by atoms with Crippen LogP contribution in [0.4, 0.5) is 32.8 Å². The number of hydrogen-bond donors (Lipinski definition) is 2. The van der Waals surface area contributed by atoms with Crippen LogP contribution in [-0.4, -0.2) is 65.0 Å². The van der Waals surface area contributed by atoms with Crippen LogP contribution in [0.2, 0.25) is 0 Å². The lowest BCUT2D eigenvalue weighted by Crippen LogP contribution is -2.40. The molecule has 2 aromatic carbocycles. The number of piperidine rings is 2. The summed E-state index contributed by atoms with van der Waals surface area (Å²) in [6.07, 6.45) is 16.9. The van der Waals surface area contributed by atoms with Crippen molar-refractivity contribution in [2.45, 2.75) is 38.5 Å². The number of aromatic nitrogens is 2. The molecule has 5 aliphatic heterocycles. The highest BCUT2D eigenvalue weighted by Gasteiger charge is 2.32. The molecule has 2 aromatic heterocycles. The summed E-state index contributed by atoms with van der Waals surface area (Å²) in [5, 5.41) is 9.23. The molecule has 7 heterocycles. The number of anilines is 6. The zero-order valence-corrected chi connectivity index (χ0v) is 28.6. The standard InChI is InChI=1S/C36H35N11S2/c1-3-11-45(12-4-1)24-7-9-27(29(15-24)41-33-19-37-22-48-33)31-17-26-18-32(44-36-40-21-39-35(43-31)47(26)36)28-10-8-25(46-13-5-2-6-14-46)16-30(28)42-34-20-38-23-49-34/h7-10,15-23,41-42H,1-6,11-14H2. The van der Waals surface area contributed by atoms with Gasteiger partial charge in [0.25, 0.3) is 0 Å². The summed E-state index contributed by atoms with van der Waals surface area (Å²) in [6, 6.07) is 13.3. The van der Waals surface area contributed by atoms with Crippen LogP contribution in [0.5, 0.6) is 0 Å². The molecule has 0 spiro atoms. The smallest absolute Gasteiger partial charge is 0.239 e. The van der Waals surface area contributed by atoms with Crippen molar-refractivity contribution in [3.8, 4) is 0 Å². The summed E-state index contributed by atoms with van der Waals surface area (Å²) in [6.45, 7) is 4.29. The summed E-state index contributed by atoms with van der Waals surface area (Å²) in [5.41, 5.74) is 12.6. The molecular weight excluding hydrogens is 651 g/mol. The fourth-order valence-corrected chi connectivity index (χ4v) is 8.02. The van der Waals surface area contributed by atoms with Gasteiger partial charge in [0, 0.05) is 48.7 Å². The molecule has 11 nitrogen and oxygen atoms in total. The Kier molecular flexibility index (Phi) is 7.98. The van der Waals surface area contributed by atoms with Gasteiger partial charge in [-0.1, -0.05) is 0 Å². The molecule has 0 unspecified atom stereocenters. The molecule has 0 aliphatic carbocycles. The van der Waals surface area contributed by atoms with Gasteiger partial charge in [-0.05, 0) is 87.1 Å². The fourth-order valence-electron chi connectivity index (χ4n) is 6.97. The van der Waals surface area contributed by atoms with Gasteiger partial charge in [0.1, 0.15) is 16.3 Å². The Bertz CT molecular complexity index is 1940. The van der Waals surface area contributed by atoms with Crippen LogP contribution in [0.25, 0.3) is 5.70 Å². The molecule has 13 heteroatoms. The topological polar surface area (TPSA) is 109 Å². The Morgan fingerprint density at radius 2 is 1.24 bits per heavy atom. The zero-order chi connectivity index (χ0) is 32.6. The van der Waals surface area contributed by atoms with E-state index in [-0.39, 0.29) is 0 Å². The molecule has 4 aromatic rings. The van der Waals surface area contributed by atoms with E-state index < -0.39 is 0 Å². The van der Waals surface area contributed by atoms with E-state index in [4.69, 9.17) is 9.98 Å². The van der Waals surface area contributed by atoms with Crippen molar-refractivity contribution < 1.29 is 0 Å². The predicted molar refractivity (Wildman–Crippen MR) is 204 cm³/mol. The van der Waals surface area contributed by atoms with E-state index in [1.54, 1.807) is 29.0 Å². The van der Waals surface area contributed by atoms with Crippen LogP contribution >= 0.6 is 22.7 Å². The minimum absolute atomic E-state index is 0.545. The van der Waals surface area contributed by atoms with Crippen molar-refractivity contribution in [1.82, 2.24) is 14.9 Å². The maximum absolute atomic E-state index is 5.04. The van der Waals surface area contributed by atoms with Crippen LogP contribution in [0.15, 0.2) is 97.6 Å². The van der Waals surface area contributed by atoms with Gasteiger partial charge >= 0.3 is 0 Å². The Morgan fingerprint density at radius 1 is 0.633 bits per heavy atom. The average molecular weight is 686 g/mol. The first-order valence-corrected chi connectivity index (χ1v) is 18.6. The number of rotatable bonds is 8. The Morgan fingerprint density at radius 3 is 1.86 bits per heavy atom. The van der Waals surface area contributed by atoms with Gasteiger partial charge in [-0.3, -0.25) is 9.97 Å². The fraction of sp³-hybridized carbons (Fsp3) is 0.278. The quantitative estimate of drug-likeness (QED) is 0.194. The number of aliphatic imine (C=N–C) groups is 4. The molecule has 0 bridgehead atoms. The van der Waals surface area contributed by atoms with Gasteiger partial charge in [-0.25, -0.2) is 24.9 Å². The first-order valence-electron chi connectivity index (χ1n) is 16.9. The maximum Gasteiger partial charge on any atom is 0.239 e. The Balaban J connectivity index is 1.12. The molecule has 0 saturated carbocycles. The second-order valence-corrected chi connectivity index (χ2v) is 14.3. The highest BCUT2D eigenvalue weighted by atomic mass is 32.1. The lowest BCUT2D eigenvalue weighted by molar-refractivity contribution is 0.578. The number of benzene rings is 2. The van der Waals surface area contributed by atoms with Crippen LogP contribution in [0, 0.1) is 0 Å². The van der Waals surface area contributed by atoms with Crippen LogP contribution < -0.4 is 20.4 Å². The van der Waals surface area contributed by atoms with Gasteiger partial charge in [0.2, 0.25) is 11.9 Å². The van der Waals surface area contributed by atoms with E-state index in [0.29, 0.717) is 11.9 Å². The first-order chi connectivity index (χ1) is 24.2. The third-order valence-corrected chi connectivity index (χ3v) is 10.8. The van der Waals surface area contributed by atoms with E-state index >= 15 is 0 Å². The van der Waals surface area contributed by atoms with Crippen molar-refractivity contribution in [1.29, 1.82) is 0 Å². The number of nitrogens with zero attached hydrogens (tertiary/aromatic N) is 9. The second-order valence-electron chi connectivity index (χ2n) is 12.6. The van der Waals surface area contributed by atoms with Gasteiger partial charge in [0.15, 0.2) is 0 Å². The van der Waals surface area contributed by atoms with Crippen molar-refractivity contribution in [2.24, 2.45) is 20.0 Å². The maximum atomic E-state index is 5.04. The highest BCUT2D eigenvalue weighted by Crippen LogP contribution is 2.38. The average Bonchev–Trinajstić information content (AvgIpc) is 3.87. The van der Waals surface area contributed by atoms with Gasteiger partial charge in [0.05, 0.1) is 51.9 Å². The molecule has 246 valence electrons. The Labute approximate surface area is 292 Å². The van der Waals surface area contributed by atoms with Crippen LogP contribution in [0.1, 0.15) is 49.7 Å². The van der Waals surface area contributed by atoms with Crippen molar-refractivity contribution in [3.63, 3.8) is 0 Å². The third-order valence-electron chi connectivity index (χ3n) is 9.40. The summed E-state index contributed by atoms with van der Waals surface area (Å²) in [7, 11) is 0. The van der Waals surface area contributed by atoms with E-state index in [1.807, 2.05) is 28.3 Å². The monoisotopic (exact) mass is 685 g/mol. The van der Waals surface area contributed by atoms with Gasteiger partial charge in [-0.15, -0.1) is 22.7 Å². The molecule has 2 N–H and O–H groups in total. The number of thiazole rings is 2. The number of guanidine groups is 2. The lowest BCUT2D eigenvalue weighted by Gasteiger charge is -2.33. The van der Waals surface area contributed by atoms with Crippen molar-refractivity contribution >= 4 is 85.1 Å². The first kappa shape index (κ1) is 30.0. The summed E-state index contributed by atoms with van der Waals surface area (Å²) >= 11 is 3.16. The Hall–Kier alpha value is -5.14. The lowest BCUT2D eigenvalue weighted by atomic mass is 10.0. The largest absolute Gasteiger partial charge is 0.371 e. The summed E-state index contributed by atoms with van der Waals surface area (Å²) < 4.78 is 0. The molecule has 2 saturated heterocycles. The molecule has 0 radical (unpaired) electrons. The van der Waals surface area contributed by atoms with Crippen LogP contribution in [-0.2, 0) is 0 Å². The molecule has 9 rings (SSSR count). The van der Waals surface area contributed by atoms with Crippen LogP contribution in [0.3, 0.4) is 0 Å². The molecule has 5 aliphatic rings. The van der Waals surface area contributed by atoms with E-state index in [0.717, 1.165) is 75.8 Å². The predicted octanol–water partition coefficient (Wildman–Crippen LogP) is 7.86. The molecule has 0 amide bonds. The van der Waals surface area contributed by atoms with E-state index in [9.17, 15) is 0 Å².